The molecule has 1 unspecified atom stereocenters. The molecule has 0 saturated heterocycles. The molecule has 0 aliphatic heterocycles. The fourth-order valence-corrected chi connectivity index (χ4v) is 2.71. The lowest BCUT2D eigenvalue weighted by Crippen LogP contribution is -2.21. The Morgan fingerprint density at radius 3 is 2.83 bits per heavy atom. The quantitative estimate of drug-likeness (QED) is 0.861. The molecular weight excluding hydrogens is 242 g/mol. The number of phenols is 1. The van der Waals surface area contributed by atoms with E-state index in [1.54, 1.807) is 11.3 Å². The van der Waals surface area contributed by atoms with Crippen LogP contribution in [0.15, 0.2) is 35.7 Å². The van der Waals surface area contributed by atoms with Gasteiger partial charge in [-0.05, 0) is 43.3 Å². The number of benzene rings is 1. The number of phenolic OH excluding ortho intramolecular Hbond substituents is 1. The number of rotatable bonds is 5. The van der Waals surface area contributed by atoms with E-state index in [0.29, 0.717) is 5.75 Å². The molecule has 2 rings (SSSR count). The van der Waals surface area contributed by atoms with Crippen LogP contribution in [0, 0.1) is 6.92 Å². The van der Waals surface area contributed by atoms with Gasteiger partial charge >= 0.3 is 0 Å². The highest BCUT2D eigenvalue weighted by Crippen LogP contribution is 2.24. The molecule has 0 fully saturated rings. The summed E-state index contributed by atoms with van der Waals surface area (Å²) in [5.74, 6) is 0.381. The van der Waals surface area contributed by atoms with Gasteiger partial charge in [0.15, 0.2) is 0 Å². The Kier molecular flexibility index (Phi) is 4.39. The molecule has 0 aliphatic carbocycles. The normalized spacial score (nSPS) is 12.6. The Morgan fingerprint density at radius 1 is 1.33 bits per heavy atom. The summed E-state index contributed by atoms with van der Waals surface area (Å²) >= 11 is 1.79. The van der Waals surface area contributed by atoms with E-state index in [1.165, 1.54) is 4.88 Å². The molecule has 1 aromatic carbocycles. The van der Waals surface area contributed by atoms with Gasteiger partial charge in [0.2, 0.25) is 0 Å². The molecule has 0 radical (unpaired) electrons. The molecular formula is C15H19NOS. The Bertz CT molecular complexity index is 493. The van der Waals surface area contributed by atoms with Gasteiger partial charge in [0.25, 0.3) is 0 Å². The van der Waals surface area contributed by atoms with E-state index in [0.717, 1.165) is 24.1 Å². The molecule has 0 amide bonds. The highest BCUT2D eigenvalue weighted by Gasteiger charge is 2.09. The SMILES string of the molecule is Cc1ccc(C(C)NCCc2cccs2)c(O)c1. The van der Waals surface area contributed by atoms with Crippen LogP contribution in [-0.2, 0) is 6.42 Å². The predicted octanol–water partition coefficient (Wildman–Crippen LogP) is 3.66. The number of nitrogens with one attached hydrogen (secondary N) is 1. The molecule has 3 heteroatoms. The minimum atomic E-state index is 0.172. The van der Waals surface area contributed by atoms with Crippen LogP contribution in [0.4, 0.5) is 0 Å². The topological polar surface area (TPSA) is 32.3 Å². The lowest BCUT2D eigenvalue weighted by molar-refractivity contribution is 0.453. The third-order valence-electron chi connectivity index (χ3n) is 3.05. The van der Waals surface area contributed by atoms with Gasteiger partial charge in [-0.1, -0.05) is 18.2 Å². The van der Waals surface area contributed by atoms with E-state index in [4.69, 9.17) is 0 Å². The monoisotopic (exact) mass is 261 g/mol. The Morgan fingerprint density at radius 2 is 2.17 bits per heavy atom. The van der Waals surface area contributed by atoms with Crippen molar-refractivity contribution in [1.82, 2.24) is 5.32 Å². The summed E-state index contributed by atoms with van der Waals surface area (Å²) in [6, 6.07) is 10.2. The summed E-state index contributed by atoms with van der Waals surface area (Å²) in [4.78, 5) is 1.39. The van der Waals surface area contributed by atoms with Crippen molar-refractivity contribution < 1.29 is 5.11 Å². The Hall–Kier alpha value is -1.32. The van der Waals surface area contributed by atoms with Crippen LogP contribution >= 0.6 is 11.3 Å². The molecule has 1 heterocycles. The average molecular weight is 261 g/mol. The first kappa shape index (κ1) is 13.1. The largest absolute Gasteiger partial charge is 0.508 e. The van der Waals surface area contributed by atoms with Crippen LogP contribution in [0.2, 0.25) is 0 Å². The Balaban J connectivity index is 1.89. The van der Waals surface area contributed by atoms with Gasteiger partial charge in [-0.2, -0.15) is 0 Å². The average Bonchev–Trinajstić information content (AvgIpc) is 2.81. The van der Waals surface area contributed by atoms with Crippen molar-refractivity contribution in [3.05, 3.63) is 51.7 Å². The minimum absolute atomic E-state index is 0.172. The van der Waals surface area contributed by atoms with Gasteiger partial charge < -0.3 is 10.4 Å². The third-order valence-corrected chi connectivity index (χ3v) is 3.99. The highest BCUT2D eigenvalue weighted by molar-refractivity contribution is 7.09. The molecule has 2 nitrogen and oxygen atoms in total. The predicted molar refractivity (Wildman–Crippen MR) is 77.3 cm³/mol. The standard InChI is InChI=1S/C15H19NOS/c1-11-5-6-14(15(17)10-11)12(2)16-8-7-13-4-3-9-18-13/h3-6,9-10,12,16-17H,7-8H2,1-2H3. The van der Waals surface area contributed by atoms with Gasteiger partial charge in [-0.15, -0.1) is 11.3 Å². The number of hydrogen-bond acceptors (Lipinski definition) is 3. The van der Waals surface area contributed by atoms with E-state index >= 15 is 0 Å². The molecule has 2 aromatic rings. The number of aryl methyl sites for hydroxylation is 1. The number of aromatic hydroxyl groups is 1. The number of hydrogen-bond donors (Lipinski definition) is 2. The van der Waals surface area contributed by atoms with Crippen molar-refractivity contribution in [3.8, 4) is 5.75 Å². The van der Waals surface area contributed by atoms with Crippen LogP contribution in [-0.4, -0.2) is 11.7 Å². The van der Waals surface area contributed by atoms with E-state index in [2.05, 4.69) is 29.8 Å². The first-order valence-corrected chi connectivity index (χ1v) is 7.10. The van der Waals surface area contributed by atoms with Gasteiger partial charge in [0.05, 0.1) is 0 Å². The lowest BCUT2D eigenvalue weighted by atomic mass is 10.0. The van der Waals surface area contributed by atoms with Crippen LogP contribution in [0.25, 0.3) is 0 Å². The lowest BCUT2D eigenvalue weighted by Gasteiger charge is -2.15. The van der Waals surface area contributed by atoms with E-state index < -0.39 is 0 Å². The third kappa shape index (κ3) is 3.34. The van der Waals surface area contributed by atoms with E-state index in [-0.39, 0.29) is 6.04 Å². The van der Waals surface area contributed by atoms with Gasteiger partial charge in [0.1, 0.15) is 5.75 Å². The minimum Gasteiger partial charge on any atom is -0.508 e. The summed E-state index contributed by atoms with van der Waals surface area (Å²) in [6.45, 7) is 4.99. The molecule has 0 spiro atoms. The summed E-state index contributed by atoms with van der Waals surface area (Å²) in [5, 5.41) is 15.5. The summed E-state index contributed by atoms with van der Waals surface area (Å²) in [7, 11) is 0. The first-order chi connectivity index (χ1) is 8.66. The molecule has 96 valence electrons. The second kappa shape index (κ2) is 6.03. The van der Waals surface area contributed by atoms with Crippen LogP contribution < -0.4 is 5.32 Å². The molecule has 1 atom stereocenters. The maximum absolute atomic E-state index is 9.91. The summed E-state index contributed by atoms with van der Waals surface area (Å²) in [6.07, 6.45) is 1.04. The zero-order chi connectivity index (χ0) is 13.0. The van der Waals surface area contributed by atoms with Gasteiger partial charge in [-0.3, -0.25) is 0 Å². The summed E-state index contributed by atoms with van der Waals surface area (Å²) < 4.78 is 0. The van der Waals surface area contributed by atoms with Crippen molar-refractivity contribution in [2.45, 2.75) is 26.3 Å². The zero-order valence-electron chi connectivity index (χ0n) is 10.8. The van der Waals surface area contributed by atoms with Crippen molar-refractivity contribution in [2.75, 3.05) is 6.54 Å². The van der Waals surface area contributed by atoms with Crippen LogP contribution in [0.1, 0.15) is 29.0 Å². The highest BCUT2D eigenvalue weighted by atomic mass is 32.1. The molecule has 2 N–H and O–H groups in total. The van der Waals surface area contributed by atoms with Crippen LogP contribution in [0.3, 0.4) is 0 Å². The molecule has 18 heavy (non-hydrogen) atoms. The van der Waals surface area contributed by atoms with Gasteiger partial charge in [-0.25, -0.2) is 0 Å². The summed E-state index contributed by atoms with van der Waals surface area (Å²) in [5.41, 5.74) is 2.05. The second-order valence-electron chi connectivity index (χ2n) is 4.57. The van der Waals surface area contributed by atoms with Crippen molar-refractivity contribution in [3.63, 3.8) is 0 Å². The molecule has 0 aliphatic rings. The molecule has 0 bridgehead atoms. The van der Waals surface area contributed by atoms with Crippen molar-refractivity contribution in [1.29, 1.82) is 0 Å². The fourth-order valence-electron chi connectivity index (χ4n) is 2.00. The maximum atomic E-state index is 9.91. The molecule has 1 aromatic heterocycles. The second-order valence-corrected chi connectivity index (χ2v) is 5.60. The zero-order valence-corrected chi connectivity index (χ0v) is 11.6. The van der Waals surface area contributed by atoms with Crippen molar-refractivity contribution in [2.24, 2.45) is 0 Å². The van der Waals surface area contributed by atoms with E-state index in [9.17, 15) is 5.11 Å². The number of thiophene rings is 1. The fraction of sp³-hybridized carbons (Fsp3) is 0.333. The first-order valence-electron chi connectivity index (χ1n) is 6.22. The Labute approximate surface area is 112 Å². The maximum Gasteiger partial charge on any atom is 0.120 e. The van der Waals surface area contributed by atoms with Crippen molar-refractivity contribution >= 4 is 11.3 Å². The smallest absolute Gasteiger partial charge is 0.120 e. The molecule has 0 saturated carbocycles. The van der Waals surface area contributed by atoms with E-state index in [1.807, 2.05) is 25.1 Å². The van der Waals surface area contributed by atoms with Gasteiger partial charge in [0, 0.05) is 23.0 Å². The van der Waals surface area contributed by atoms with Crippen LogP contribution in [0.5, 0.6) is 5.75 Å².